The fourth-order valence-electron chi connectivity index (χ4n) is 3.74. The molecule has 2 aromatic carbocycles. The van der Waals surface area contributed by atoms with Crippen LogP contribution in [0.15, 0.2) is 65.7 Å². The lowest BCUT2D eigenvalue weighted by Gasteiger charge is -2.16. The Balaban J connectivity index is 1.79. The third-order valence-corrected chi connectivity index (χ3v) is 6.60. The van der Waals surface area contributed by atoms with E-state index in [1.807, 2.05) is 37.6 Å². The Morgan fingerprint density at radius 1 is 0.919 bits per heavy atom. The number of halogens is 2. The van der Waals surface area contributed by atoms with E-state index in [1.54, 1.807) is 0 Å². The number of aromatic nitrogens is 2. The number of nitrogens with two attached hydrogens (primary N) is 1. The van der Waals surface area contributed by atoms with E-state index in [9.17, 15) is 22.0 Å². The second kappa shape index (κ2) is 9.94. The summed E-state index contributed by atoms with van der Waals surface area (Å²) in [7, 11) is -4.38. The van der Waals surface area contributed by atoms with Crippen molar-refractivity contribution in [2.24, 2.45) is 0 Å². The standard InChI is InChI=1S/C26H22F2N4O4S/c1-14-11-15(2)24(16(3)12-14)36-26-18(8-10-21(30-26)17-7-9-19(27)20(28)13-17)25(33)32-37(34,35)23-6-4-5-22(29)31-23/h4-13H,1-3H3,(H2,29,31)(H,32,33). The Morgan fingerprint density at radius 3 is 2.27 bits per heavy atom. The first-order valence-electron chi connectivity index (χ1n) is 11.0. The highest BCUT2D eigenvalue weighted by molar-refractivity contribution is 7.90. The van der Waals surface area contributed by atoms with Crippen LogP contribution in [0.25, 0.3) is 11.3 Å². The van der Waals surface area contributed by atoms with Crippen LogP contribution in [0, 0.1) is 32.4 Å². The van der Waals surface area contributed by atoms with E-state index in [0.717, 1.165) is 28.8 Å². The lowest BCUT2D eigenvalue weighted by Crippen LogP contribution is -2.31. The van der Waals surface area contributed by atoms with Crippen molar-refractivity contribution in [2.75, 3.05) is 5.73 Å². The normalized spacial score (nSPS) is 11.3. The number of nitrogens with zero attached hydrogens (tertiary/aromatic N) is 2. The van der Waals surface area contributed by atoms with Crippen LogP contribution in [0.2, 0.25) is 0 Å². The number of nitrogen functional groups attached to an aromatic ring is 1. The van der Waals surface area contributed by atoms with Crippen LogP contribution in [-0.2, 0) is 10.0 Å². The summed E-state index contributed by atoms with van der Waals surface area (Å²) in [5.41, 5.74) is 8.25. The van der Waals surface area contributed by atoms with Gasteiger partial charge in [-0.2, -0.15) is 8.42 Å². The van der Waals surface area contributed by atoms with E-state index in [1.165, 1.54) is 36.4 Å². The van der Waals surface area contributed by atoms with Gasteiger partial charge >= 0.3 is 0 Å². The number of nitrogens with one attached hydrogen (secondary N) is 1. The van der Waals surface area contributed by atoms with Crippen molar-refractivity contribution in [3.8, 4) is 22.9 Å². The van der Waals surface area contributed by atoms with Crippen molar-refractivity contribution >= 4 is 21.7 Å². The van der Waals surface area contributed by atoms with Crippen LogP contribution in [0.1, 0.15) is 27.0 Å². The molecular weight excluding hydrogens is 502 g/mol. The summed E-state index contributed by atoms with van der Waals surface area (Å²) in [6, 6.07) is 13.6. The van der Waals surface area contributed by atoms with Crippen LogP contribution < -0.4 is 15.2 Å². The molecule has 0 fully saturated rings. The van der Waals surface area contributed by atoms with Crippen LogP contribution in [0.3, 0.4) is 0 Å². The molecule has 2 aromatic heterocycles. The van der Waals surface area contributed by atoms with E-state index < -0.39 is 32.6 Å². The molecule has 37 heavy (non-hydrogen) atoms. The first-order valence-corrected chi connectivity index (χ1v) is 12.4. The molecule has 11 heteroatoms. The summed E-state index contributed by atoms with van der Waals surface area (Å²) in [6.45, 7) is 5.54. The number of anilines is 1. The molecule has 0 aliphatic heterocycles. The van der Waals surface area contributed by atoms with Crippen molar-refractivity contribution < 1.29 is 26.7 Å². The molecule has 1 amide bonds. The van der Waals surface area contributed by atoms with E-state index in [4.69, 9.17) is 10.5 Å². The molecule has 4 aromatic rings. The number of benzene rings is 2. The van der Waals surface area contributed by atoms with Gasteiger partial charge in [-0.25, -0.2) is 23.5 Å². The topological polar surface area (TPSA) is 124 Å². The molecule has 0 aliphatic carbocycles. The van der Waals surface area contributed by atoms with Gasteiger partial charge in [0.15, 0.2) is 16.7 Å². The number of carbonyl (C=O) groups excluding carboxylic acids is 1. The maximum atomic E-state index is 13.9. The first kappa shape index (κ1) is 25.7. The van der Waals surface area contributed by atoms with Crippen LogP contribution in [-0.4, -0.2) is 24.3 Å². The Labute approximate surface area is 212 Å². The van der Waals surface area contributed by atoms with Gasteiger partial charge in [-0.1, -0.05) is 23.8 Å². The Bertz CT molecular complexity index is 1620. The average Bonchev–Trinajstić information content (AvgIpc) is 2.82. The minimum atomic E-state index is -4.38. The Kier molecular flexibility index (Phi) is 6.90. The minimum Gasteiger partial charge on any atom is -0.438 e. The number of carbonyl (C=O) groups is 1. The zero-order valence-corrected chi connectivity index (χ0v) is 20.9. The molecule has 0 aliphatic rings. The smallest absolute Gasteiger partial charge is 0.281 e. The lowest BCUT2D eigenvalue weighted by atomic mass is 10.1. The Hall–Kier alpha value is -4.38. The molecule has 8 nitrogen and oxygen atoms in total. The minimum absolute atomic E-state index is 0.0396. The SMILES string of the molecule is Cc1cc(C)c(Oc2nc(-c3ccc(F)c(F)c3)ccc2C(=O)NS(=O)(=O)c2cccc(N)n2)c(C)c1. The van der Waals surface area contributed by atoms with Crippen LogP contribution >= 0.6 is 0 Å². The second-order valence-electron chi connectivity index (χ2n) is 8.34. The third kappa shape index (κ3) is 5.56. The summed E-state index contributed by atoms with van der Waals surface area (Å²) < 4.78 is 60.8. The van der Waals surface area contributed by atoms with Crippen molar-refractivity contribution in [2.45, 2.75) is 25.8 Å². The number of amides is 1. The molecule has 3 N–H and O–H groups in total. The number of hydrogen-bond donors (Lipinski definition) is 2. The highest BCUT2D eigenvalue weighted by Crippen LogP contribution is 2.33. The van der Waals surface area contributed by atoms with Gasteiger partial charge in [0.25, 0.3) is 15.9 Å². The van der Waals surface area contributed by atoms with Crippen LogP contribution in [0.5, 0.6) is 11.6 Å². The highest BCUT2D eigenvalue weighted by Gasteiger charge is 2.25. The van der Waals surface area contributed by atoms with Gasteiger partial charge < -0.3 is 10.5 Å². The van der Waals surface area contributed by atoms with Crippen molar-refractivity contribution in [1.82, 2.24) is 14.7 Å². The predicted molar refractivity (Wildman–Crippen MR) is 134 cm³/mol. The molecule has 4 rings (SSSR count). The first-order chi connectivity index (χ1) is 17.4. The van der Waals surface area contributed by atoms with E-state index in [0.29, 0.717) is 5.75 Å². The average molecular weight is 525 g/mol. The molecule has 0 atom stereocenters. The molecule has 0 bridgehead atoms. The van der Waals surface area contributed by atoms with Gasteiger partial charge in [-0.05, 0) is 74.4 Å². The van der Waals surface area contributed by atoms with Gasteiger partial charge in [-0.3, -0.25) is 4.79 Å². The summed E-state index contributed by atoms with van der Waals surface area (Å²) >= 11 is 0. The summed E-state index contributed by atoms with van der Waals surface area (Å²) in [6.07, 6.45) is 0. The fourth-order valence-corrected chi connectivity index (χ4v) is 4.68. The second-order valence-corrected chi connectivity index (χ2v) is 9.97. The summed E-state index contributed by atoms with van der Waals surface area (Å²) in [5.74, 6) is -2.99. The molecule has 0 saturated carbocycles. The zero-order valence-electron chi connectivity index (χ0n) is 20.0. The van der Waals surface area contributed by atoms with Crippen LogP contribution in [0.4, 0.5) is 14.6 Å². The van der Waals surface area contributed by atoms with Gasteiger partial charge in [0.2, 0.25) is 5.88 Å². The maximum Gasteiger partial charge on any atom is 0.281 e. The molecule has 0 unspecified atom stereocenters. The van der Waals surface area contributed by atoms with E-state index in [2.05, 4.69) is 9.97 Å². The largest absolute Gasteiger partial charge is 0.438 e. The molecule has 2 heterocycles. The highest BCUT2D eigenvalue weighted by atomic mass is 32.2. The monoisotopic (exact) mass is 524 g/mol. The fraction of sp³-hybridized carbons (Fsp3) is 0.115. The van der Waals surface area contributed by atoms with Gasteiger partial charge in [0.05, 0.1) is 5.69 Å². The molecule has 0 spiro atoms. The Morgan fingerprint density at radius 2 is 1.62 bits per heavy atom. The van der Waals surface area contributed by atoms with Gasteiger partial charge in [0.1, 0.15) is 17.1 Å². The third-order valence-electron chi connectivity index (χ3n) is 5.37. The predicted octanol–water partition coefficient (Wildman–Crippen LogP) is 4.84. The molecular formula is C26H22F2N4O4S. The number of hydrogen-bond acceptors (Lipinski definition) is 7. The van der Waals surface area contributed by atoms with Crippen molar-refractivity contribution in [1.29, 1.82) is 0 Å². The van der Waals surface area contributed by atoms with E-state index >= 15 is 0 Å². The van der Waals surface area contributed by atoms with Gasteiger partial charge in [0, 0.05) is 5.56 Å². The summed E-state index contributed by atoms with van der Waals surface area (Å²) in [5, 5.41) is -0.445. The van der Waals surface area contributed by atoms with Crippen molar-refractivity contribution in [3.05, 3.63) is 94.6 Å². The number of ether oxygens (including phenoxy) is 1. The molecule has 0 radical (unpaired) electrons. The summed E-state index contributed by atoms with van der Waals surface area (Å²) in [4.78, 5) is 21.2. The number of pyridine rings is 2. The quantitative estimate of drug-likeness (QED) is 0.370. The number of aryl methyl sites for hydroxylation is 3. The molecule has 190 valence electrons. The lowest BCUT2D eigenvalue weighted by molar-refractivity contribution is 0.0978. The van der Waals surface area contributed by atoms with E-state index in [-0.39, 0.29) is 28.5 Å². The van der Waals surface area contributed by atoms with Crippen molar-refractivity contribution in [3.63, 3.8) is 0 Å². The maximum absolute atomic E-state index is 13.9. The zero-order chi connectivity index (χ0) is 26.9. The molecule has 0 saturated heterocycles. The number of sulfonamides is 1. The van der Waals surface area contributed by atoms with Gasteiger partial charge in [-0.15, -0.1) is 0 Å². The number of rotatable bonds is 6.